The minimum absolute atomic E-state index is 0.158. The van der Waals surface area contributed by atoms with Gasteiger partial charge in [0.1, 0.15) is 5.75 Å². The zero-order chi connectivity index (χ0) is 20.1. The van der Waals surface area contributed by atoms with Crippen LogP contribution in [0.15, 0.2) is 54.6 Å². The van der Waals surface area contributed by atoms with E-state index in [1.165, 1.54) is 27.4 Å². The fourth-order valence-corrected chi connectivity index (χ4v) is 2.96. The Morgan fingerprint density at radius 2 is 1.39 bits per heavy atom. The van der Waals surface area contributed by atoms with Crippen molar-refractivity contribution >= 4 is 22.6 Å². The van der Waals surface area contributed by atoms with Gasteiger partial charge < -0.3 is 18.9 Å². The van der Waals surface area contributed by atoms with Gasteiger partial charge in [-0.15, -0.1) is 0 Å². The highest BCUT2D eigenvalue weighted by molar-refractivity contribution is 6.07. The molecule has 0 unspecified atom stereocenters. The van der Waals surface area contributed by atoms with Crippen molar-refractivity contribution in [2.45, 2.75) is 0 Å². The van der Waals surface area contributed by atoms with Gasteiger partial charge in [0, 0.05) is 5.56 Å². The van der Waals surface area contributed by atoms with Crippen LogP contribution in [0.4, 0.5) is 0 Å². The molecule has 0 heterocycles. The van der Waals surface area contributed by atoms with Gasteiger partial charge in [-0.3, -0.25) is 4.79 Å². The number of methoxy groups -OCH3 is 4. The maximum atomic E-state index is 12.6. The third-order valence-electron chi connectivity index (χ3n) is 4.45. The Kier molecular flexibility index (Phi) is 5.84. The van der Waals surface area contributed by atoms with Crippen molar-refractivity contribution in [2.75, 3.05) is 28.4 Å². The Bertz CT molecular complexity index is 1010. The van der Waals surface area contributed by atoms with Crippen LogP contribution in [0, 0.1) is 0 Å². The van der Waals surface area contributed by atoms with E-state index in [0.29, 0.717) is 22.8 Å². The van der Waals surface area contributed by atoms with Crippen molar-refractivity contribution in [3.63, 3.8) is 0 Å². The van der Waals surface area contributed by atoms with Crippen LogP contribution >= 0.6 is 0 Å². The highest BCUT2D eigenvalue weighted by Gasteiger charge is 2.15. The first-order valence-electron chi connectivity index (χ1n) is 8.70. The average Bonchev–Trinajstić information content (AvgIpc) is 2.75. The number of carbonyl (C=O) groups excluding carboxylic acids is 1. The summed E-state index contributed by atoms with van der Waals surface area (Å²) in [6.45, 7) is 0. The van der Waals surface area contributed by atoms with Gasteiger partial charge in [-0.05, 0) is 52.7 Å². The largest absolute Gasteiger partial charge is 0.497 e. The summed E-state index contributed by atoms with van der Waals surface area (Å²) < 4.78 is 21.2. The molecule has 0 fully saturated rings. The van der Waals surface area contributed by atoms with Crippen LogP contribution in [-0.2, 0) is 0 Å². The van der Waals surface area contributed by atoms with E-state index in [0.717, 1.165) is 22.1 Å². The third-order valence-corrected chi connectivity index (χ3v) is 4.45. The fourth-order valence-electron chi connectivity index (χ4n) is 2.96. The van der Waals surface area contributed by atoms with Crippen LogP contribution < -0.4 is 18.9 Å². The van der Waals surface area contributed by atoms with Gasteiger partial charge in [-0.25, -0.2) is 0 Å². The molecule has 0 aromatic heterocycles. The molecule has 3 aromatic rings. The summed E-state index contributed by atoms with van der Waals surface area (Å²) in [6, 6.07) is 15.1. The van der Waals surface area contributed by atoms with E-state index in [2.05, 4.69) is 0 Å². The second-order valence-corrected chi connectivity index (χ2v) is 6.08. The Balaban J connectivity index is 1.88. The Labute approximate surface area is 164 Å². The number of allylic oxidation sites excluding steroid dienone is 1. The molecule has 0 bridgehead atoms. The molecule has 0 atom stereocenters. The van der Waals surface area contributed by atoms with Crippen LogP contribution in [0.1, 0.15) is 15.9 Å². The molecule has 0 amide bonds. The van der Waals surface area contributed by atoms with E-state index in [9.17, 15) is 4.79 Å². The predicted octanol–water partition coefficient (Wildman–Crippen LogP) is 4.77. The second-order valence-electron chi connectivity index (χ2n) is 6.08. The van der Waals surface area contributed by atoms with Crippen LogP contribution in [0.25, 0.3) is 16.8 Å². The maximum absolute atomic E-state index is 12.6. The maximum Gasteiger partial charge on any atom is 0.203 e. The number of hydrogen-bond donors (Lipinski definition) is 0. The van der Waals surface area contributed by atoms with Gasteiger partial charge in [0.05, 0.1) is 28.4 Å². The smallest absolute Gasteiger partial charge is 0.203 e. The molecule has 144 valence electrons. The molecule has 5 heteroatoms. The lowest BCUT2D eigenvalue weighted by molar-refractivity contribution is 0.104. The summed E-state index contributed by atoms with van der Waals surface area (Å²) in [7, 11) is 6.21. The molecular formula is C23H22O5. The molecule has 5 nitrogen and oxygen atoms in total. The van der Waals surface area contributed by atoms with E-state index >= 15 is 0 Å². The van der Waals surface area contributed by atoms with E-state index < -0.39 is 0 Å². The van der Waals surface area contributed by atoms with Crippen LogP contribution in [0.3, 0.4) is 0 Å². The van der Waals surface area contributed by atoms with Crippen molar-refractivity contribution in [3.8, 4) is 23.0 Å². The number of rotatable bonds is 7. The summed E-state index contributed by atoms with van der Waals surface area (Å²) in [5, 5.41) is 2.15. The van der Waals surface area contributed by atoms with Gasteiger partial charge in [-0.2, -0.15) is 0 Å². The van der Waals surface area contributed by atoms with E-state index in [1.54, 1.807) is 25.3 Å². The number of hydrogen-bond acceptors (Lipinski definition) is 5. The van der Waals surface area contributed by atoms with Crippen LogP contribution in [-0.4, -0.2) is 34.2 Å². The molecule has 0 saturated carbocycles. The lowest BCUT2D eigenvalue weighted by atomic mass is 10.0. The first kappa shape index (κ1) is 19.3. The molecule has 28 heavy (non-hydrogen) atoms. The Morgan fingerprint density at radius 3 is 2.00 bits per heavy atom. The summed E-state index contributed by atoms with van der Waals surface area (Å²) in [5.74, 6) is 1.99. The summed E-state index contributed by atoms with van der Waals surface area (Å²) >= 11 is 0. The Morgan fingerprint density at radius 1 is 0.750 bits per heavy atom. The molecule has 3 aromatic carbocycles. The summed E-state index contributed by atoms with van der Waals surface area (Å²) in [6.07, 6.45) is 3.32. The number of ether oxygens (including phenoxy) is 4. The average molecular weight is 378 g/mol. The monoisotopic (exact) mass is 378 g/mol. The first-order chi connectivity index (χ1) is 13.6. The number of carbonyl (C=O) groups is 1. The molecule has 3 rings (SSSR count). The molecule has 0 spiro atoms. The molecule has 0 aliphatic rings. The van der Waals surface area contributed by atoms with E-state index in [1.807, 2.05) is 36.4 Å². The minimum atomic E-state index is -0.158. The SMILES string of the molecule is COc1ccc2cc(C=CC(=O)c3cc(OC)c(OC)c(OC)c3)ccc2c1. The molecule has 0 aliphatic heterocycles. The lowest BCUT2D eigenvalue weighted by Gasteiger charge is -2.13. The molecule has 0 saturated heterocycles. The highest BCUT2D eigenvalue weighted by Crippen LogP contribution is 2.38. The lowest BCUT2D eigenvalue weighted by Crippen LogP contribution is -2.00. The van der Waals surface area contributed by atoms with Gasteiger partial charge >= 0.3 is 0 Å². The minimum Gasteiger partial charge on any atom is -0.497 e. The summed E-state index contributed by atoms with van der Waals surface area (Å²) in [5.41, 5.74) is 1.38. The highest BCUT2D eigenvalue weighted by atomic mass is 16.5. The number of benzene rings is 3. The van der Waals surface area contributed by atoms with Crippen molar-refractivity contribution < 1.29 is 23.7 Å². The normalized spacial score (nSPS) is 10.9. The van der Waals surface area contributed by atoms with Gasteiger partial charge in [0.25, 0.3) is 0 Å². The molecule has 0 N–H and O–H groups in total. The predicted molar refractivity (Wildman–Crippen MR) is 110 cm³/mol. The van der Waals surface area contributed by atoms with Gasteiger partial charge in [0.2, 0.25) is 5.75 Å². The zero-order valence-electron chi connectivity index (χ0n) is 16.3. The van der Waals surface area contributed by atoms with E-state index in [4.69, 9.17) is 18.9 Å². The standard InChI is InChI=1S/C23H22O5/c1-25-19-9-8-16-11-15(5-7-17(16)12-19)6-10-20(24)18-13-21(26-2)23(28-4)22(14-18)27-3/h5-14H,1-4H3. The van der Waals surface area contributed by atoms with Crippen LogP contribution in [0.5, 0.6) is 23.0 Å². The van der Waals surface area contributed by atoms with Gasteiger partial charge in [-0.1, -0.05) is 24.3 Å². The quantitative estimate of drug-likeness (QED) is 0.438. The zero-order valence-corrected chi connectivity index (χ0v) is 16.3. The van der Waals surface area contributed by atoms with Crippen molar-refractivity contribution in [3.05, 3.63) is 65.7 Å². The molecule has 0 aliphatic carbocycles. The third kappa shape index (κ3) is 3.93. The van der Waals surface area contributed by atoms with Crippen molar-refractivity contribution in [1.82, 2.24) is 0 Å². The second kappa shape index (κ2) is 8.48. The number of fused-ring (bicyclic) bond motifs is 1. The number of ketones is 1. The van der Waals surface area contributed by atoms with E-state index in [-0.39, 0.29) is 5.78 Å². The van der Waals surface area contributed by atoms with Crippen LogP contribution in [0.2, 0.25) is 0 Å². The van der Waals surface area contributed by atoms with Gasteiger partial charge in [0.15, 0.2) is 17.3 Å². The molecular weight excluding hydrogens is 356 g/mol. The topological polar surface area (TPSA) is 54.0 Å². The Hall–Kier alpha value is -3.47. The fraction of sp³-hybridized carbons (Fsp3) is 0.174. The summed E-state index contributed by atoms with van der Waals surface area (Å²) in [4.78, 5) is 12.6. The first-order valence-corrected chi connectivity index (χ1v) is 8.70. The van der Waals surface area contributed by atoms with Crippen molar-refractivity contribution in [2.24, 2.45) is 0 Å². The molecule has 0 radical (unpaired) electrons. The van der Waals surface area contributed by atoms with Crippen molar-refractivity contribution in [1.29, 1.82) is 0 Å².